The van der Waals surface area contributed by atoms with Gasteiger partial charge in [-0.25, -0.2) is 13.1 Å². The number of rotatable bonds is 5. The van der Waals surface area contributed by atoms with Crippen LogP contribution in [0.3, 0.4) is 0 Å². The molecule has 0 heterocycles. The number of phenols is 1. The first-order valence-electron chi connectivity index (χ1n) is 4.79. The lowest BCUT2D eigenvalue weighted by atomic mass is 10.1. The minimum atomic E-state index is -3.10. The SMILES string of the molecule is CCS(=O)(=O)NCCc1ccc(O)cc1. The molecule has 0 fully saturated rings. The van der Waals surface area contributed by atoms with Crippen LogP contribution in [0.5, 0.6) is 5.75 Å². The zero-order valence-corrected chi connectivity index (χ0v) is 9.42. The van der Waals surface area contributed by atoms with Crippen LogP contribution in [0.4, 0.5) is 0 Å². The quantitative estimate of drug-likeness (QED) is 0.787. The van der Waals surface area contributed by atoms with Gasteiger partial charge in [0.2, 0.25) is 10.0 Å². The van der Waals surface area contributed by atoms with E-state index >= 15 is 0 Å². The Kier molecular flexibility index (Phi) is 4.11. The molecule has 0 aliphatic heterocycles. The number of hydrogen-bond donors (Lipinski definition) is 2. The van der Waals surface area contributed by atoms with Gasteiger partial charge in [-0.1, -0.05) is 12.1 Å². The molecule has 4 nitrogen and oxygen atoms in total. The van der Waals surface area contributed by atoms with Gasteiger partial charge >= 0.3 is 0 Å². The Morgan fingerprint density at radius 2 is 1.87 bits per heavy atom. The number of hydrogen-bond acceptors (Lipinski definition) is 3. The fourth-order valence-corrected chi connectivity index (χ4v) is 1.73. The lowest BCUT2D eigenvalue weighted by Gasteiger charge is -2.04. The van der Waals surface area contributed by atoms with Crippen molar-refractivity contribution in [3.8, 4) is 5.75 Å². The van der Waals surface area contributed by atoms with E-state index in [4.69, 9.17) is 5.11 Å². The Balaban J connectivity index is 2.42. The van der Waals surface area contributed by atoms with Gasteiger partial charge in [0, 0.05) is 6.54 Å². The van der Waals surface area contributed by atoms with Gasteiger partial charge in [-0.15, -0.1) is 0 Å². The zero-order chi connectivity index (χ0) is 11.3. The van der Waals surface area contributed by atoms with E-state index in [-0.39, 0.29) is 11.5 Å². The predicted octanol–water partition coefficient (Wildman–Crippen LogP) is 0.874. The van der Waals surface area contributed by atoms with Crippen molar-refractivity contribution < 1.29 is 13.5 Å². The standard InChI is InChI=1S/C10H15NO3S/c1-2-15(13,14)11-8-7-9-3-5-10(12)6-4-9/h3-6,11-12H,2,7-8H2,1H3. The first-order valence-corrected chi connectivity index (χ1v) is 6.44. The summed E-state index contributed by atoms with van der Waals surface area (Å²) in [6.45, 7) is 1.99. The number of benzene rings is 1. The molecule has 5 heteroatoms. The van der Waals surface area contributed by atoms with Crippen molar-refractivity contribution in [2.75, 3.05) is 12.3 Å². The molecule has 0 aromatic heterocycles. The molecule has 0 aliphatic carbocycles. The Labute approximate surface area is 90.0 Å². The second-order valence-electron chi connectivity index (χ2n) is 3.21. The van der Waals surface area contributed by atoms with Crippen molar-refractivity contribution in [1.82, 2.24) is 4.72 Å². The Morgan fingerprint density at radius 1 is 1.27 bits per heavy atom. The highest BCUT2D eigenvalue weighted by Crippen LogP contribution is 2.09. The molecule has 1 aromatic carbocycles. The van der Waals surface area contributed by atoms with E-state index in [0.29, 0.717) is 13.0 Å². The average Bonchev–Trinajstić information content (AvgIpc) is 2.21. The smallest absolute Gasteiger partial charge is 0.211 e. The van der Waals surface area contributed by atoms with Crippen LogP contribution in [0.15, 0.2) is 24.3 Å². The van der Waals surface area contributed by atoms with E-state index < -0.39 is 10.0 Å². The molecule has 0 saturated heterocycles. The molecule has 84 valence electrons. The summed E-state index contributed by atoms with van der Waals surface area (Å²) < 4.78 is 24.7. The van der Waals surface area contributed by atoms with Crippen molar-refractivity contribution in [1.29, 1.82) is 0 Å². The Bertz CT molecular complexity index is 397. The molecule has 0 aliphatic rings. The van der Waals surface area contributed by atoms with Gasteiger partial charge in [0.05, 0.1) is 5.75 Å². The summed E-state index contributed by atoms with van der Waals surface area (Å²) in [6, 6.07) is 6.72. The number of nitrogens with one attached hydrogen (secondary N) is 1. The van der Waals surface area contributed by atoms with Crippen molar-refractivity contribution in [2.24, 2.45) is 0 Å². The van der Waals surface area contributed by atoms with Crippen molar-refractivity contribution in [2.45, 2.75) is 13.3 Å². The summed E-state index contributed by atoms with van der Waals surface area (Å²) >= 11 is 0. The second-order valence-corrected chi connectivity index (χ2v) is 5.31. The molecule has 2 N–H and O–H groups in total. The number of sulfonamides is 1. The highest BCUT2D eigenvalue weighted by molar-refractivity contribution is 7.89. The van der Waals surface area contributed by atoms with E-state index in [0.717, 1.165) is 5.56 Å². The molecule has 0 radical (unpaired) electrons. The van der Waals surface area contributed by atoms with Crippen molar-refractivity contribution in [3.05, 3.63) is 29.8 Å². The summed E-state index contributed by atoms with van der Waals surface area (Å²) in [7, 11) is -3.10. The first kappa shape index (κ1) is 12.0. The van der Waals surface area contributed by atoms with Crippen LogP contribution in [-0.2, 0) is 16.4 Å². The fraction of sp³-hybridized carbons (Fsp3) is 0.400. The van der Waals surface area contributed by atoms with Gasteiger partial charge in [0.1, 0.15) is 5.75 Å². The van der Waals surface area contributed by atoms with Crippen LogP contribution in [0.1, 0.15) is 12.5 Å². The van der Waals surface area contributed by atoms with E-state index in [1.807, 2.05) is 0 Å². The minimum absolute atomic E-state index is 0.0998. The highest BCUT2D eigenvalue weighted by Gasteiger charge is 2.04. The van der Waals surface area contributed by atoms with Crippen LogP contribution < -0.4 is 4.72 Å². The average molecular weight is 229 g/mol. The molecule has 15 heavy (non-hydrogen) atoms. The molecule has 0 saturated carbocycles. The van der Waals surface area contributed by atoms with Crippen molar-refractivity contribution >= 4 is 10.0 Å². The summed E-state index contributed by atoms with van der Waals surface area (Å²) in [5.41, 5.74) is 0.992. The fourth-order valence-electron chi connectivity index (χ4n) is 1.12. The molecule has 0 bridgehead atoms. The molecule has 0 atom stereocenters. The lowest BCUT2D eigenvalue weighted by molar-refractivity contribution is 0.475. The monoisotopic (exact) mass is 229 g/mol. The molecule has 1 aromatic rings. The molecule has 0 spiro atoms. The van der Waals surface area contributed by atoms with Crippen molar-refractivity contribution in [3.63, 3.8) is 0 Å². The number of phenolic OH excluding ortho intramolecular Hbond substituents is 1. The normalized spacial score (nSPS) is 11.5. The van der Waals surface area contributed by atoms with Crippen LogP contribution in [0, 0.1) is 0 Å². The van der Waals surface area contributed by atoms with Gasteiger partial charge in [0.15, 0.2) is 0 Å². The Hall–Kier alpha value is -1.07. The van der Waals surface area contributed by atoms with Crippen LogP contribution in [0.25, 0.3) is 0 Å². The topological polar surface area (TPSA) is 66.4 Å². The zero-order valence-electron chi connectivity index (χ0n) is 8.60. The van der Waals surface area contributed by atoms with Gasteiger partial charge in [-0.05, 0) is 31.0 Å². The van der Waals surface area contributed by atoms with Crippen LogP contribution in [0.2, 0.25) is 0 Å². The molecular weight excluding hydrogens is 214 g/mol. The maximum Gasteiger partial charge on any atom is 0.211 e. The van der Waals surface area contributed by atoms with Crippen LogP contribution >= 0.6 is 0 Å². The van der Waals surface area contributed by atoms with Crippen LogP contribution in [-0.4, -0.2) is 25.8 Å². The minimum Gasteiger partial charge on any atom is -0.508 e. The molecule has 0 amide bonds. The summed E-state index contributed by atoms with van der Waals surface area (Å²) in [5, 5.41) is 9.04. The molecule has 1 rings (SSSR count). The predicted molar refractivity (Wildman–Crippen MR) is 59.3 cm³/mol. The van der Waals surface area contributed by atoms with Gasteiger partial charge in [0.25, 0.3) is 0 Å². The van der Waals surface area contributed by atoms with E-state index in [2.05, 4.69) is 4.72 Å². The third kappa shape index (κ3) is 4.31. The summed E-state index contributed by atoms with van der Waals surface area (Å²) in [4.78, 5) is 0. The van der Waals surface area contributed by atoms with E-state index in [1.54, 1.807) is 31.2 Å². The van der Waals surface area contributed by atoms with Gasteiger partial charge in [-0.2, -0.15) is 0 Å². The second kappa shape index (κ2) is 5.14. The summed E-state index contributed by atoms with van der Waals surface area (Å²) in [6.07, 6.45) is 0.625. The van der Waals surface area contributed by atoms with Gasteiger partial charge < -0.3 is 5.11 Å². The van der Waals surface area contributed by atoms with Gasteiger partial charge in [-0.3, -0.25) is 0 Å². The first-order chi connectivity index (χ1) is 7.03. The third-order valence-electron chi connectivity index (χ3n) is 2.05. The lowest BCUT2D eigenvalue weighted by Crippen LogP contribution is -2.27. The third-order valence-corrected chi connectivity index (χ3v) is 3.46. The highest BCUT2D eigenvalue weighted by atomic mass is 32.2. The summed E-state index contributed by atoms with van der Waals surface area (Å²) in [5.74, 6) is 0.315. The van der Waals surface area contributed by atoms with E-state index in [9.17, 15) is 8.42 Å². The van der Waals surface area contributed by atoms with E-state index in [1.165, 1.54) is 0 Å². The molecule has 0 unspecified atom stereocenters. The Morgan fingerprint density at radius 3 is 2.40 bits per heavy atom. The number of aromatic hydroxyl groups is 1. The molecular formula is C10H15NO3S. The maximum atomic E-state index is 11.1. The maximum absolute atomic E-state index is 11.1. The largest absolute Gasteiger partial charge is 0.508 e.